The minimum atomic E-state index is 0.0398. The molecule has 3 rings (SSSR count). The monoisotopic (exact) mass is 267 g/mol. The van der Waals surface area contributed by atoms with Crippen LogP contribution in [0.3, 0.4) is 0 Å². The van der Waals surface area contributed by atoms with Gasteiger partial charge in [-0.05, 0) is 30.7 Å². The molecule has 2 aromatic rings. The van der Waals surface area contributed by atoms with E-state index in [1.165, 1.54) is 22.6 Å². The number of fused-ring (bicyclic) bond motifs is 1. The largest absolute Gasteiger partial charge is 0.371 e. The summed E-state index contributed by atoms with van der Waals surface area (Å²) in [4.78, 5) is 4.69. The second-order valence-electron chi connectivity index (χ2n) is 5.41. The van der Waals surface area contributed by atoms with Crippen LogP contribution < -0.4 is 15.5 Å². The van der Waals surface area contributed by atoms with Crippen LogP contribution in [0.4, 0.5) is 17.1 Å². The van der Waals surface area contributed by atoms with Gasteiger partial charge in [0.1, 0.15) is 0 Å². The summed E-state index contributed by atoms with van der Waals surface area (Å²) in [5.41, 5.74) is 11.1. The molecule has 3 nitrogen and oxygen atoms in total. The molecule has 1 aliphatic heterocycles. The highest BCUT2D eigenvalue weighted by Gasteiger charge is 2.23. The molecule has 0 fully saturated rings. The molecule has 1 atom stereocenters. The fourth-order valence-corrected chi connectivity index (χ4v) is 2.87. The number of rotatable bonds is 2. The Labute approximate surface area is 120 Å². The number of hydrogen-bond donors (Lipinski definition) is 1. The Morgan fingerprint density at radius 1 is 0.900 bits per heavy atom. The average Bonchev–Trinajstić information content (AvgIpc) is 2.48. The zero-order valence-electron chi connectivity index (χ0n) is 12.1. The number of anilines is 3. The second kappa shape index (κ2) is 5.17. The highest BCUT2D eigenvalue weighted by Crippen LogP contribution is 2.39. The van der Waals surface area contributed by atoms with Gasteiger partial charge in [0.05, 0.1) is 11.4 Å². The van der Waals surface area contributed by atoms with Gasteiger partial charge in [-0.3, -0.25) is 0 Å². The van der Waals surface area contributed by atoms with Crippen molar-refractivity contribution in [3.63, 3.8) is 0 Å². The molecular formula is C17H21N3. The Hall–Kier alpha value is -2.00. The SMILES string of the molecule is C[C@H](N)c1ccccc1N1CCN(C)c2ccccc21. The Morgan fingerprint density at radius 2 is 1.50 bits per heavy atom. The van der Waals surface area contributed by atoms with Crippen molar-refractivity contribution >= 4 is 17.1 Å². The van der Waals surface area contributed by atoms with Crippen LogP contribution in [0.25, 0.3) is 0 Å². The molecule has 0 saturated heterocycles. The topological polar surface area (TPSA) is 32.5 Å². The molecule has 1 heterocycles. The quantitative estimate of drug-likeness (QED) is 0.906. The van der Waals surface area contributed by atoms with Crippen molar-refractivity contribution in [1.29, 1.82) is 0 Å². The van der Waals surface area contributed by atoms with Crippen LogP contribution in [0.15, 0.2) is 48.5 Å². The van der Waals surface area contributed by atoms with Gasteiger partial charge < -0.3 is 15.5 Å². The van der Waals surface area contributed by atoms with E-state index in [4.69, 9.17) is 5.73 Å². The van der Waals surface area contributed by atoms with Crippen molar-refractivity contribution in [3.05, 3.63) is 54.1 Å². The molecule has 0 saturated carbocycles. The van der Waals surface area contributed by atoms with E-state index in [1.54, 1.807) is 0 Å². The van der Waals surface area contributed by atoms with Crippen LogP contribution in [0.5, 0.6) is 0 Å². The molecule has 0 unspecified atom stereocenters. The van der Waals surface area contributed by atoms with Gasteiger partial charge in [0.2, 0.25) is 0 Å². The first-order valence-electron chi connectivity index (χ1n) is 7.10. The summed E-state index contributed by atoms with van der Waals surface area (Å²) in [5, 5.41) is 0. The molecule has 2 aromatic carbocycles. The lowest BCUT2D eigenvalue weighted by atomic mass is 10.0. The maximum atomic E-state index is 6.13. The lowest BCUT2D eigenvalue weighted by Crippen LogP contribution is -2.37. The smallest absolute Gasteiger partial charge is 0.0649 e. The van der Waals surface area contributed by atoms with Crippen LogP contribution in [-0.4, -0.2) is 20.1 Å². The lowest BCUT2D eigenvalue weighted by Gasteiger charge is -2.38. The first kappa shape index (κ1) is 13.0. The van der Waals surface area contributed by atoms with Gasteiger partial charge in [-0.2, -0.15) is 0 Å². The molecule has 3 heteroatoms. The van der Waals surface area contributed by atoms with Gasteiger partial charge in [-0.1, -0.05) is 30.3 Å². The van der Waals surface area contributed by atoms with E-state index >= 15 is 0 Å². The van der Waals surface area contributed by atoms with E-state index in [1.807, 2.05) is 6.92 Å². The fraction of sp³-hybridized carbons (Fsp3) is 0.294. The number of nitrogens with two attached hydrogens (primary N) is 1. The number of likely N-dealkylation sites (N-methyl/N-ethyl adjacent to an activating group) is 1. The average molecular weight is 267 g/mol. The van der Waals surface area contributed by atoms with Gasteiger partial charge in [-0.15, -0.1) is 0 Å². The molecule has 0 aliphatic carbocycles. The van der Waals surface area contributed by atoms with Gasteiger partial charge >= 0.3 is 0 Å². The van der Waals surface area contributed by atoms with Crippen LogP contribution in [-0.2, 0) is 0 Å². The number of nitrogens with zero attached hydrogens (tertiary/aromatic N) is 2. The van der Waals surface area contributed by atoms with E-state index in [9.17, 15) is 0 Å². The van der Waals surface area contributed by atoms with Gasteiger partial charge in [0.15, 0.2) is 0 Å². The van der Waals surface area contributed by atoms with Crippen LogP contribution in [0, 0.1) is 0 Å². The molecule has 0 amide bonds. The third kappa shape index (κ3) is 2.14. The summed E-state index contributed by atoms with van der Waals surface area (Å²) in [5.74, 6) is 0. The van der Waals surface area contributed by atoms with Crippen molar-refractivity contribution in [2.75, 3.05) is 29.9 Å². The number of para-hydroxylation sites is 3. The van der Waals surface area contributed by atoms with Crippen LogP contribution >= 0.6 is 0 Å². The van der Waals surface area contributed by atoms with E-state index in [0.29, 0.717) is 0 Å². The summed E-state index contributed by atoms with van der Waals surface area (Å²) in [6, 6.07) is 17.0. The van der Waals surface area contributed by atoms with Crippen LogP contribution in [0.2, 0.25) is 0 Å². The minimum absolute atomic E-state index is 0.0398. The highest BCUT2D eigenvalue weighted by atomic mass is 15.3. The zero-order chi connectivity index (χ0) is 14.1. The summed E-state index contributed by atoms with van der Waals surface area (Å²) in [6.45, 7) is 4.04. The predicted molar refractivity (Wildman–Crippen MR) is 85.8 cm³/mol. The van der Waals surface area contributed by atoms with E-state index in [2.05, 4.69) is 65.4 Å². The molecule has 0 bridgehead atoms. The predicted octanol–water partition coefficient (Wildman–Crippen LogP) is 3.29. The molecule has 104 valence electrons. The Bertz CT molecular complexity index is 607. The zero-order valence-corrected chi connectivity index (χ0v) is 12.1. The van der Waals surface area contributed by atoms with Crippen molar-refractivity contribution < 1.29 is 0 Å². The lowest BCUT2D eigenvalue weighted by molar-refractivity contribution is 0.787. The summed E-state index contributed by atoms with van der Waals surface area (Å²) >= 11 is 0. The van der Waals surface area contributed by atoms with Crippen molar-refractivity contribution in [2.24, 2.45) is 5.73 Å². The normalized spacial score (nSPS) is 15.9. The molecule has 20 heavy (non-hydrogen) atoms. The van der Waals surface area contributed by atoms with E-state index < -0.39 is 0 Å². The Balaban J connectivity index is 2.11. The van der Waals surface area contributed by atoms with Gasteiger partial charge in [0, 0.05) is 31.9 Å². The van der Waals surface area contributed by atoms with Crippen molar-refractivity contribution in [2.45, 2.75) is 13.0 Å². The van der Waals surface area contributed by atoms with Gasteiger partial charge in [-0.25, -0.2) is 0 Å². The number of hydrogen-bond acceptors (Lipinski definition) is 3. The molecule has 0 radical (unpaired) electrons. The first-order valence-corrected chi connectivity index (χ1v) is 7.10. The Morgan fingerprint density at radius 3 is 2.20 bits per heavy atom. The van der Waals surface area contributed by atoms with E-state index in [-0.39, 0.29) is 6.04 Å². The van der Waals surface area contributed by atoms with Gasteiger partial charge in [0.25, 0.3) is 0 Å². The maximum Gasteiger partial charge on any atom is 0.0649 e. The summed E-state index contributed by atoms with van der Waals surface area (Å²) in [7, 11) is 2.15. The van der Waals surface area contributed by atoms with Crippen LogP contribution in [0.1, 0.15) is 18.5 Å². The summed E-state index contributed by atoms with van der Waals surface area (Å²) < 4.78 is 0. The summed E-state index contributed by atoms with van der Waals surface area (Å²) in [6.07, 6.45) is 0. The molecular weight excluding hydrogens is 246 g/mol. The third-order valence-corrected chi connectivity index (χ3v) is 3.96. The fourth-order valence-electron chi connectivity index (χ4n) is 2.87. The van der Waals surface area contributed by atoms with Crippen molar-refractivity contribution in [1.82, 2.24) is 0 Å². The van der Waals surface area contributed by atoms with E-state index in [0.717, 1.165) is 13.1 Å². The van der Waals surface area contributed by atoms with Crippen molar-refractivity contribution in [3.8, 4) is 0 Å². The molecule has 1 aliphatic rings. The second-order valence-corrected chi connectivity index (χ2v) is 5.41. The minimum Gasteiger partial charge on any atom is -0.371 e. The first-order chi connectivity index (χ1) is 9.68. The third-order valence-electron chi connectivity index (χ3n) is 3.96. The Kier molecular flexibility index (Phi) is 3.36. The maximum absolute atomic E-state index is 6.13. The standard InChI is InChI=1S/C17H21N3/c1-13(18)14-7-3-4-8-15(14)20-12-11-19(2)16-9-5-6-10-17(16)20/h3-10,13H,11-12,18H2,1-2H3/t13-/m0/s1. The molecule has 0 aromatic heterocycles. The number of benzene rings is 2. The highest BCUT2D eigenvalue weighted by molar-refractivity contribution is 5.80. The molecule has 0 spiro atoms. The molecule has 2 N–H and O–H groups in total.